The molecule has 2 aliphatic rings. The second kappa shape index (κ2) is 3.29. The molecule has 2 heterocycles. The Bertz CT molecular complexity index is 400. The summed E-state index contributed by atoms with van der Waals surface area (Å²) in [6.45, 7) is 6.67. The van der Waals surface area contributed by atoms with E-state index in [-0.39, 0.29) is 5.82 Å². The van der Waals surface area contributed by atoms with Gasteiger partial charge in [-0.05, 0) is 25.7 Å². The van der Waals surface area contributed by atoms with Gasteiger partial charge in [-0.2, -0.15) is 5.10 Å². The molecule has 1 aliphatic carbocycles. The molecular formula is C12H18FN3. The smallest absolute Gasteiger partial charge is 0.164 e. The number of hydrogen-bond donors (Lipinski definition) is 0. The first-order chi connectivity index (χ1) is 7.58. The van der Waals surface area contributed by atoms with Gasteiger partial charge < -0.3 is 4.90 Å². The second-order valence-corrected chi connectivity index (χ2v) is 5.44. The number of rotatable bonds is 2. The van der Waals surface area contributed by atoms with Gasteiger partial charge in [0.05, 0.1) is 6.20 Å². The number of likely N-dealkylation sites (tertiary alicyclic amines) is 1. The summed E-state index contributed by atoms with van der Waals surface area (Å²) in [4.78, 5) is 2.48. The molecule has 1 aliphatic heterocycles. The minimum absolute atomic E-state index is 0.127. The lowest BCUT2D eigenvalue weighted by molar-refractivity contribution is 0.242. The molecule has 1 saturated carbocycles. The molecule has 2 atom stereocenters. The quantitative estimate of drug-likeness (QED) is 0.759. The molecule has 1 saturated heterocycles. The van der Waals surface area contributed by atoms with Gasteiger partial charge in [0.25, 0.3) is 0 Å². The first kappa shape index (κ1) is 10.3. The van der Waals surface area contributed by atoms with Crippen molar-refractivity contribution in [2.24, 2.45) is 18.9 Å². The molecule has 16 heavy (non-hydrogen) atoms. The Morgan fingerprint density at radius 1 is 1.38 bits per heavy atom. The Hall–Kier alpha value is -0.900. The average molecular weight is 223 g/mol. The first-order valence-electron chi connectivity index (χ1n) is 6.01. The van der Waals surface area contributed by atoms with E-state index < -0.39 is 0 Å². The van der Waals surface area contributed by atoms with Crippen molar-refractivity contribution in [2.45, 2.75) is 25.8 Å². The van der Waals surface area contributed by atoms with E-state index in [0.717, 1.165) is 13.1 Å². The Morgan fingerprint density at radius 2 is 2.00 bits per heavy atom. The zero-order valence-corrected chi connectivity index (χ0v) is 10.0. The Labute approximate surface area is 95.2 Å². The summed E-state index contributed by atoms with van der Waals surface area (Å²) in [5, 5.41) is 4.25. The molecule has 0 aromatic carbocycles. The van der Waals surface area contributed by atoms with Crippen LogP contribution < -0.4 is 0 Å². The van der Waals surface area contributed by atoms with E-state index in [4.69, 9.17) is 0 Å². The summed E-state index contributed by atoms with van der Waals surface area (Å²) < 4.78 is 15.1. The van der Waals surface area contributed by atoms with Crippen LogP contribution in [0.15, 0.2) is 6.20 Å². The molecule has 2 fully saturated rings. The highest BCUT2D eigenvalue weighted by Gasteiger charge is 2.58. The Morgan fingerprint density at radius 3 is 2.44 bits per heavy atom. The van der Waals surface area contributed by atoms with Crippen molar-refractivity contribution in [3.8, 4) is 0 Å². The van der Waals surface area contributed by atoms with E-state index in [9.17, 15) is 4.39 Å². The van der Waals surface area contributed by atoms with Crippen molar-refractivity contribution in [1.82, 2.24) is 14.7 Å². The number of nitrogens with zero attached hydrogens (tertiary/aromatic N) is 3. The summed E-state index contributed by atoms with van der Waals surface area (Å²) in [7, 11) is 1.78. The monoisotopic (exact) mass is 223 g/mol. The van der Waals surface area contributed by atoms with Crippen molar-refractivity contribution >= 4 is 0 Å². The third-order valence-electron chi connectivity index (χ3n) is 4.08. The van der Waals surface area contributed by atoms with Crippen LogP contribution in [0.3, 0.4) is 0 Å². The van der Waals surface area contributed by atoms with Crippen LogP contribution >= 0.6 is 0 Å². The topological polar surface area (TPSA) is 21.1 Å². The Balaban J connectivity index is 1.73. The molecule has 0 bridgehead atoms. The van der Waals surface area contributed by atoms with E-state index in [2.05, 4.69) is 23.8 Å². The summed E-state index contributed by atoms with van der Waals surface area (Å²) in [5.74, 6) is 1.55. The zero-order chi connectivity index (χ0) is 11.4. The number of halogens is 1. The summed E-state index contributed by atoms with van der Waals surface area (Å²) >= 11 is 0. The standard InChI is InChI=1S/C12H18FN3/c1-7(2)16-4-8-9(5-16)11(8)12-10(13)6-15(3)14-12/h6-9,11H,4-5H2,1-3H3. The van der Waals surface area contributed by atoms with Gasteiger partial charge in [-0.1, -0.05) is 0 Å². The second-order valence-electron chi connectivity index (χ2n) is 5.44. The Kier molecular flexibility index (Phi) is 2.11. The van der Waals surface area contributed by atoms with Crippen LogP contribution in [0.5, 0.6) is 0 Å². The number of hydrogen-bond acceptors (Lipinski definition) is 2. The third kappa shape index (κ3) is 1.39. The van der Waals surface area contributed by atoms with Crippen LogP contribution in [0.4, 0.5) is 4.39 Å². The van der Waals surface area contributed by atoms with Gasteiger partial charge >= 0.3 is 0 Å². The number of aromatic nitrogens is 2. The number of piperidine rings is 1. The van der Waals surface area contributed by atoms with E-state index in [1.165, 1.54) is 6.20 Å². The average Bonchev–Trinajstić information content (AvgIpc) is 2.59. The molecule has 0 spiro atoms. The lowest BCUT2D eigenvalue weighted by atomic mass is 10.2. The van der Waals surface area contributed by atoms with Crippen molar-refractivity contribution in [3.05, 3.63) is 17.7 Å². The molecule has 4 heteroatoms. The van der Waals surface area contributed by atoms with Crippen molar-refractivity contribution in [1.29, 1.82) is 0 Å². The van der Waals surface area contributed by atoms with Crippen LogP contribution in [0.2, 0.25) is 0 Å². The first-order valence-corrected chi connectivity index (χ1v) is 6.01. The third-order valence-corrected chi connectivity index (χ3v) is 4.08. The van der Waals surface area contributed by atoms with E-state index in [1.54, 1.807) is 11.7 Å². The highest BCUT2D eigenvalue weighted by atomic mass is 19.1. The maximum atomic E-state index is 13.6. The van der Waals surface area contributed by atoms with Gasteiger partial charge in [-0.15, -0.1) is 0 Å². The van der Waals surface area contributed by atoms with Crippen LogP contribution in [0.1, 0.15) is 25.5 Å². The van der Waals surface area contributed by atoms with E-state index >= 15 is 0 Å². The minimum Gasteiger partial charge on any atom is -0.300 e. The fourth-order valence-electron chi connectivity index (χ4n) is 3.09. The van der Waals surface area contributed by atoms with Crippen LogP contribution in [0, 0.1) is 17.7 Å². The number of fused-ring (bicyclic) bond motifs is 1. The van der Waals surface area contributed by atoms with Crippen molar-refractivity contribution < 1.29 is 4.39 Å². The lowest BCUT2D eigenvalue weighted by Gasteiger charge is -2.23. The largest absolute Gasteiger partial charge is 0.300 e. The molecule has 2 unspecified atom stereocenters. The van der Waals surface area contributed by atoms with Gasteiger partial charge in [0.15, 0.2) is 5.82 Å². The van der Waals surface area contributed by atoms with Gasteiger partial charge in [0.2, 0.25) is 0 Å². The molecule has 3 nitrogen and oxygen atoms in total. The van der Waals surface area contributed by atoms with Crippen LogP contribution in [-0.2, 0) is 7.05 Å². The normalized spacial score (nSPS) is 33.4. The van der Waals surface area contributed by atoms with Gasteiger partial charge in [-0.25, -0.2) is 4.39 Å². The molecular weight excluding hydrogens is 205 g/mol. The van der Waals surface area contributed by atoms with Gasteiger partial charge in [0, 0.05) is 32.1 Å². The molecule has 1 aromatic heterocycles. The molecule has 88 valence electrons. The maximum absolute atomic E-state index is 13.6. The molecule has 0 N–H and O–H groups in total. The summed E-state index contributed by atoms with van der Waals surface area (Å²) in [6.07, 6.45) is 1.48. The van der Waals surface area contributed by atoms with Crippen molar-refractivity contribution in [3.63, 3.8) is 0 Å². The van der Waals surface area contributed by atoms with Gasteiger partial charge in [-0.3, -0.25) is 4.68 Å². The van der Waals surface area contributed by atoms with Crippen molar-refractivity contribution in [2.75, 3.05) is 13.1 Å². The zero-order valence-electron chi connectivity index (χ0n) is 10.0. The molecule has 1 aromatic rings. The summed E-state index contributed by atoms with van der Waals surface area (Å²) in [6, 6.07) is 0.613. The molecule has 0 radical (unpaired) electrons. The minimum atomic E-state index is -0.127. The lowest BCUT2D eigenvalue weighted by Crippen LogP contribution is -2.31. The predicted octanol–water partition coefficient (Wildman–Crippen LogP) is 1.61. The number of aryl methyl sites for hydroxylation is 1. The fraction of sp³-hybridized carbons (Fsp3) is 0.750. The van der Waals surface area contributed by atoms with E-state index in [0.29, 0.717) is 29.5 Å². The molecule has 0 amide bonds. The van der Waals surface area contributed by atoms with E-state index in [1.807, 2.05) is 0 Å². The predicted molar refractivity (Wildman–Crippen MR) is 59.6 cm³/mol. The highest BCUT2D eigenvalue weighted by Crippen LogP contribution is 2.58. The molecule has 3 rings (SSSR count). The maximum Gasteiger partial charge on any atom is 0.164 e. The van der Waals surface area contributed by atoms with Crippen LogP contribution in [-0.4, -0.2) is 33.8 Å². The van der Waals surface area contributed by atoms with Crippen LogP contribution in [0.25, 0.3) is 0 Å². The SMILES string of the molecule is CC(C)N1CC2C(C1)C2c1nn(C)cc1F. The summed E-state index contributed by atoms with van der Waals surface area (Å²) in [5.41, 5.74) is 0.695. The fourth-order valence-corrected chi connectivity index (χ4v) is 3.09. The van der Waals surface area contributed by atoms with Gasteiger partial charge in [0.1, 0.15) is 5.69 Å². The highest BCUT2D eigenvalue weighted by molar-refractivity contribution is 5.25.